The number of benzene rings is 1. The topological polar surface area (TPSA) is 60.4 Å². The molecule has 2 aliphatic rings. The van der Waals surface area contributed by atoms with Gasteiger partial charge in [0.1, 0.15) is 5.78 Å². The van der Waals surface area contributed by atoms with Gasteiger partial charge in [0.05, 0.1) is 5.92 Å². The zero-order chi connectivity index (χ0) is 19.8. The van der Waals surface area contributed by atoms with E-state index in [-0.39, 0.29) is 34.9 Å². The average molecular weight is 370 g/mol. The second-order valence-electron chi connectivity index (χ2n) is 9.17. The standard InChI is InChI=1S/C23H30O4/c1-14(20(24)15-8-10-19(11-9-15)23(2,3)4)27-22(26)18-12-16-6-5-7-17(13-18)21(16)25/h8-11,14,16-18H,5-7,12-13H2,1-4H3. The van der Waals surface area contributed by atoms with Gasteiger partial charge in [-0.2, -0.15) is 0 Å². The van der Waals surface area contributed by atoms with Crippen LogP contribution in [-0.2, 0) is 19.7 Å². The van der Waals surface area contributed by atoms with Gasteiger partial charge in [-0.1, -0.05) is 51.5 Å². The van der Waals surface area contributed by atoms with Gasteiger partial charge < -0.3 is 4.74 Å². The number of Topliss-reactive ketones (excluding diaryl/α,β-unsaturated/α-hetero) is 2. The molecule has 4 nitrogen and oxygen atoms in total. The van der Waals surface area contributed by atoms with Crippen molar-refractivity contribution in [3.63, 3.8) is 0 Å². The van der Waals surface area contributed by atoms with E-state index in [0.717, 1.165) is 24.8 Å². The molecule has 3 rings (SSSR count). The minimum Gasteiger partial charge on any atom is -0.454 e. The summed E-state index contributed by atoms with van der Waals surface area (Å²) in [6.45, 7) is 8.00. The number of fused-ring (bicyclic) bond motifs is 2. The highest BCUT2D eigenvalue weighted by Crippen LogP contribution is 2.40. The van der Waals surface area contributed by atoms with Gasteiger partial charge in [-0.3, -0.25) is 14.4 Å². The molecule has 27 heavy (non-hydrogen) atoms. The molecule has 1 aromatic carbocycles. The Kier molecular flexibility index (Phi) is 5.55. The molecule has 0 heterocycles. The van der Waals surface area contributed by atoms with E-state index in [1.165, 1.54) is 0 Å². The zero-order valence-electron chi connectivity index (χ0n) is 16.8. The van der Waals surface area contributed by atoms with Crippen LogP contribution in [0.4, 0.5) is 0 Å². The molecule has 0 aliphatic heterocycles. The number of hydrogen-bond donors (Lipinski definition) is 0. The number of rotatable bonds is 4. The lowest BCUT2D eigenvalue weighted by atomic mass is 9.67. The number of hydrogen-bond acceptors (Lipinski definition) is 4. The molecule has 2 aliphatic carbocycles. The minimum absolute atomic E-state index is 0.00556. The Hall–Kier alpha value is -1.97. The van der Waals surface area contributed by atoms with Crippen LogP contribution in [0.5, 0.6) is 0 Å². The summed E-state index contributed by atoms with van der Waals surface area (Å²) in [4.78, 5) is 37.4. The predicted octanol–water partition coefficient (Wildman–Crippen LogP) is 4.49. The van der Waals surface area contributed by atoms with Crippen LogP contribution in [0.2, 0.25) is 0 Å². The monoisotopic (exact) mass is 370 g/mol. The van der Waals surface area contributed by atoms with E-state index < -0.39 is 6.10 Å². The third-order valence-electron chi connectivity index (χ3n) is 6.08. The van der Waals surface area contributed by atoms with Crippen molar-refractivity contribution in [1.82, 2.24) is 0 Å². The highest BCUT2D eigenvalue weighted by atomic mass is 16.5. The molecule has 0 spiro atoms. The van der Waals surface area contributed by atoms with Crippen LogP contribution >= 0.6 is 0 Å². The quantitative estimate of drug-likeness (QED) is 0.578. The highest BCUT2D eigenvalue weighted by molar-refractivity contribution is 6.00. The van der Waals surface area contributed by atoms with Crippen LogP contribution in [0.1, 0.15) is 75.7 Å². The van der Waals surface area contributed by atoms with Crippen LogP contribution in [0.3, 0.4) is 0 Å². The summed E-state index contributed by atoms with van der Waals surface area (Å²) in [5.41, 5.74) is 1.73. The maximum atomic E-state index is 12.6. The Morgan fingerprint density at radius 2 is 1.59 bits per heavy atom. The summed E-state index contributed by atoms with van der Waals surface area (Å²) in [5.74, 6) is -0.427. The molecule has 3 unspecified atom stereocenters. The molecule has 0 saturated heterocycles. The molecular weight excluding hydrogens is 340 g/mol. The number of ether oxygens (including phenoxy) is 1. The minimum atomic E-state index is -0.810. The summed E-state index contributed by atoms with van der Waals surface area (Å²) in [6, 6.07) is 7.51. The molecule has 4 heteroatoms. The van der Waals surface area contributed by atoms with Gasteiger partial charge in [0.2, 0.25) is 5.78 Å². The van der Waals surface area contributed by atoms with Gasteiger partial charge in [0.15, 0.2) is 6.10 Å². The van der Waals surface area contributed by atoms with Gasteiger partial charge in [-0.15, -0.1) is 0 Å². The van der Waals surface area contributed by atoms with Gasteiger partial charge >= 0.3 is 5.97 Å². The largest absolute Gasteiger partial charge is 0.454 e. The lowest BCUT2D eigenvalue weighted by Gasteiger charge is -2.36. The van der Waals surface area contributed by atoms with E-state index in [9.17, 15) is 14.4 Å². The smallest absolute Gasteiger partial charge is 0.309 e. The number of carbonyl (C=O) groups is 3. The van der Waals surface area contributed by atoms with E-state index in [2.05, 4.69) is 20.8 Å². The van der Waals surface area contributed by atoms with Gasteiger partial charge in [-0.05, 0) is 43.6 Å². The van der Waals surface area contributed by atoms with Crippen molar-refractivity contribution in [2.24, 2.45) is 17.8 Å². The Bertz CT molecular complexity index is 710. The third kappa shape index (κ3) is 4.31. The fourth-order valence-electron chi connectivity index (χ4n) is 4.37. The Morgan fingerprint density at radius 1 is 1.04 bits per heavy atom. The SMILES string of the molecule is CC(OC(=O)C1CC2CCCC(C1)C2=O)C(=O)c1ccc(C(C)(C)C)cc1. The van der Waals surface area contributed by atoms with Gasteiger partial charge in [0.25, 0.3) is 0 Å². The van der Waals surface area contributed by atoms with E-state index in [1.807, 2.05) is 12.1 Å². The van der Waals surface area contributed by atoms with Crippen LogP contribution in [0.15, 0.2) is 24.3 Å². The van der Waals surface area contributed by atoms with Crippen molar-refractivity contribution >= 4 is 17.5 Å². The number of carbonyl (C=O) groups excluding carboxylic acids is 3. The van der Waals surface area contributed by atoms with E-state index in [1.54, 1.807) is 19.1 Å². The predicted molar refractivity (Wildman–Crippen MR) is 104 cm³/mol. The van der Waals surface area contributed by atoms with Crippen molar-refractivity contribution in [3.05, 3.63) is 35.4 Å². The molecule has 2 saturated carbocycles. The van der Waals surface area contributed by atoms with E-state index >= 15 is 0 Å². The normalized spacial score (nSPS) is 26.4. The number of ketones is 2. The first-order valence-electron chi connectivity index (χ1n) is 10.1. The molecular formula is C23H30O4. The molecule has 2 fully saturated rings. The lowest BCUT2D eigenvalue weighted by Crippen LogP contribution is -2.40. The van der Waals surface area contributed by atoms with Crippen molar-refractivity contribution in [2.75, 3.05) is 0 Å². The zero-order valence-corrected chi connectivity index (χ0v) is 16.8. The second-order valence-corrected chi connectivity index (χ2v) is 9.17. The first-order valence-corrected chi connectivity index (χ1v) is 10.1. The Morgan fingerprint density at radius 3 is 2.11 bits per heavy atom. The molecule has 3 atom stereocenters. The molecule has 0 aromatic heterocycles. The molecule has 1 aromatic rings. The fraction of sp³-hybridized carbons (Fsp3) is 0.609. The van der Waals surface area contributed by atoms with Crippen LogP contribution in [0, 0.1) is 17.8 Å². The molecule has 0 radical (unpaired) electrons. The highest BCUT2D eigenvalue weighted by Gasteiger charge is 2.42. The Labute approximate surface area is 161 Å². The first kappa shape index (κ1) is 19.8. The summed E-state index contributed by atoms with van der Waals surface area (Å²) in [5, 5.41) is 0. The van der Waals surface area contributed by atoms with Crippen molar-refractivity contribution in [3.8, 4) is 0 Å². The average Bonchev–Trinajstić information content (AvgIpc) is 2.60. The molecule has 0 N–H and O–H groups in total. The van der Waals surface area contributed by atoms with Gasteiger partial charge in [0, 0.05) is 17.4 Å². The third-order valence-corrected chi connectivity index (χ3v) is 6.08. The maximum Gasteiger partial charge on any atom is 0.309 e. The summed E-state index contributed by atoms with van der Waals surface area (Å²) in [6.07, 6.45) is 3.18. The summed E-state index contributed by atoms with van der Waals surface area (Å²) < 4.78 is 5.50. The first-order chi connectivity index (χ1) is 12.7. The van der Waals surface area contributed by atoms with Crippen LogP contribution in [0.25, 0.3) is 0 Å². The molecule has 0 amide bonds. The molecule has 146 valence electrons. The summed E-state index contributed by atoms with van der Waals surface area (Å²) in [7, 11) is 0. The fourth-order valence-corrected chi connectivity index (χ4v) is 4.37. The van der Waals surface area contributed by atoms with Crippen LogP contribution < -0.4 is 0 Å². The summed E-state index contributed by atoms with van der Waals surface area (Å²) >= 11 is 0. The van der Waals surface area contributed by atoms with Crippen molar-refractivity contribution in [1.29, 1.82) is 0 Å². The molecule has 2 bridgehead atoms. The Balaban J connectivity index is 1.61. The lowest BCUT2D eigenvalue weighted by molar-refractivity contribution is -0.155. The van der Waals surface area contributed by atoms with Gasteiger partial charge in [-0.25, -0.2) is 0 Å². The van der Waals surface area contributed by atoms with Crippen molar-refractivity contribution in [2.45, 2.75) is 71.3 Å². The van der Waals surface area contributed by atoms with E-state index in [0.29, 0.717) is 24.2 Å². The number of esters is 1. The maximum absolute atomic E-state index is 12.6. The second kappa shape index (κ2) is 7.57. The van der Waals surface area contributed by atoms with Crippen molar-refractivity contribution < 1.29 is 19.1 Å². The van der Waals surface area contributed by atoms with Crippen LogP contribution in [-0.4, -0.2) is 23.6 Å². The van der Waals surface area contributed by atoms with E-state index in [4.69, 9.17) is 4.74 Å².